The van der Waals surface area contributed by atoms with Gasteiger partial charge in [0.1, 0.15) is 73.2 Å². The van der Waals surface area contributed by atoms with Crippen molar-refractivity contribution in [1.82, 2.24) is 5.32 Å². The van der Waals surface area contributed by atoms with E-state index >= 15 is 0 Å². The highest BCUT2D eigenvalue weighted by atomic mass is 16.8. The molecule has 19 nitrogen and oxygen atoms in total. The van der Waals surface area contributed by atoms with Crippen LogP contribution in [0.3, 0.4) is 0 Å². The van der Waals surface area contributed by atoms with Crippen LogP contribution in [-0.4, -0.2) is 193 Å². The van der Waals surface area contributed by atoms with Gasteiger partial charge < -0.3 is 89.9 Å². The summed E-state index contributed by atoms with van der Waals surface area (Å²) in [6, 6.07) is -0.991. The number of unbranched alkanes of at least 4 members (excludes halogenated alkanes) is 56. The molecule has 0 spiro atoms. The van der Waals surface area contributed by atoms with Crippen molar-refractivity contribution in [1.29, 1.82) is 0 Å². The predicted molar refractivity (Wildman–Crippen MR) is 457 cm³/mol. The lowest BCUT2D eigenvalue weighted by Crippen LogP contribution is -2.66. The molecule has 3 aliphatic rings. The molecular weight excluding hydrogens is 1430 g/mol. The first kappa shape index (κ1) is 105. The average molecular weight is 1610 g/mol. The fourth-order valence-electron chi connectivity index (χ4n) is 16.1. The first-order valence-corrected chi connectivity index (χ1v) is 47.4. The van der Waals surface area contributed by atoms with E-state index in [1.807, 2.05) is 6.08 Å². The van der Waals surface area contributed by atoms with Crippen molar-refractivity contribution in [2.45, 2.75) is 516 Å². The summed E-state index contributed by atoms with van der Waals surface area (Å²) in [5, 5.41) is 121. The van der Waals surface area contributed by atoms with Crippen molar-refractivity contribution < 1.29 is 89.4 Å². The molecule has 17 atom stereocenters. The molecule has 19 heteroatoms. The smallest absolute Gasteiger partial charge is 0.220 e. The Morgan fingerprint density at radius 1 is 0.319 bits per heavy atom. The lowest BCUT2D eigenvalue weighted by molar-refractivity contribution is -0.379. The number of aliphatic hydroxyl groups is 11. The van der Waals surface area contributed by atoms with Crippen LogP contribution in [0.1, 0.15) is 412 Å². The first-order valence-electron chi connectivity index (χ1n) is 47.4. The van der Waals surface area contributed by atoms with E-state index < -0.39 is 124 Å². The zero-order valence-electron chi connectivity index (χ0n) is 71.9. The minimum absolute atomic E-state index is 0.240. The van der Waals surface area contributed by atoms with Gasteiger partial charge in [0.25, 0.3) is 0 Å². The summed E-state index contributed by atoms with van der Waals surface area (Å²) in [5.41, 5.74) is 0. The lowest BCUT2D eigenvalue weighted by atomic mass is 9.96. The quantitative estimate of drug-likeness (QED) is 0.0199. The number of amides is 1. The van der Waals surface area contributed by atoms with Crippen molar-refractivity contribution in [3.63, 3.8) is 0 Å². The Hall–Kier alpha value is -2.25. The van der Waals surface area contributed by atoms with Crippen LogP contribution in [0.5, 0.6) is 0 Å². The Balaban J connectivity index is 1.29. The maximum atomic E-state index is 13.5. The Labute approximate surface area is 688 Å². The summed E-state index contributed by atoms with van der Waals surface area (Å²) >= 11 is 0. The number of allylic oxidation sites excluding steroid dienone is 7. The molecule has 0 radical (unpaired) electrons. The van der Waals surface area contributed by atoms with Crippen molar-refractivity contribution >= 4 is 5.91 Å². The van der Waals surface area contributed by atoms with Crippen LogP contribution in [0.4, 0.5) is 0 Å². The largest absolute Gasteiger partial charge is 0.394 e. The SMILES string of the molecule is CCCCCCC/C=C\C/C=C\CCCCCCCCCCCCCCCCCCCCCCCCCCCCCCCC(=O)NC(COC1OC(CO)C(OC2OC(CO)C(OC3OC(CO)C(O)C(O)C3O)C(O)C2O)C(O)C1O)C(O)/C=C/CC/C=C/CCCCCCCCCCCCCCCCCCCCCCC. The van der Waals surface area contributed by atoms with Gasteiger partial charge in [0.05, 0.1) is 38.6 Å². The highest BCUT2D eigenvalue weighted by Crippen LogP contribution is 2.34. The number of ether oxygens (including phenoxy) is 6. The van der Waals surface area contributed by atoms with Crippen LogP contribution in [0.15, 0.2) is 48.6 Å². The van der Waals surface area contributed by atoms with Crippen LogP contribution < -0.4 is 5.32 Å². The summed E-state index contributed by atoms with van der Waals surface area (Å²) < 4.78 is 34.5. The predicted octanol–water partition coefficient (Wildman–Crippen LogP) is 18.7. The molecule has 664 valence electrons. The number of hydrogen-bond acceptors (Lipinski definition) is 18. The third-order valence-electron chi connectivity index (χ3n) is 23.6. The average Bonchev–Trinajstić information content (AvgIpc) is 0.777. The molecule has 17 unspecified atom stereocenters. The molecule has 0 bridgehead atoms. The molecule has 113 heavy (non-hydrogen) atoms. The standard InChI is InChI=1S/C94H175NO18/c1-3-5-7-9-11-13-15-17-19-21-23-25-27-29-31-32-33-34-35-36-37-38-39-40-41-42-43-44-46-48-50-52-54-56-58-60-62-64-66-68-70-72-82(100)95-77(78(99)71-69-67-65-63-61-59-57-55-53-51-49-47-45-30-28-26-24-22-20-18-16-14-12-10-8-6-4-2)76-108-92-88(106)85(103)90(80(74-97)110-92)113-94-89(107)86(104)91(81(75-98)111-94)112-93-87(105)84(102)83(101)79(73-96)109-93/h15,17,21,23,61,63,69,71,77-81,83-94,96-99,101-107H,3-14,16,18-20,22,24-60,62,64-68,70,72-76H2,1-2H3,(H,95,100)/b17-15-,23-21-,63-61+,71-69+. The van der Waals surface area contributed by atoms with Crippen molar-refractivity contribution in [3.05, 3.63) is 48.6 Å². The van der Waals surface area contributed by atoms with Gasteiger partial charge in [-0.1, -0.05) is 390 Å². The van der Waals surface area contributed by atoms with Crippen LogP contribution in [-0.2, 0) is 33.2 Å². The molecule has 0 aromatic rings. The van der Waals surface area contributed by atoms with Crippen LogP contribution in [0, 0.1) is 0 Å². The third-order valence-corrected chi connectivity index (χ3v) is 23.6. The minimum atomic E-state index is -1.98. The van der Waals surface area contributed by atoms with Crippen LogP contribution in [0.2, 0.25) is 0 Å². The van der Waals surface area contributed by atoms with Gasteiger partial charge in [-0.15, -0.1) is 0 Å². The second-order valence-corrected chi connectivity index (χ2v) is 33.8. The molecule has 3 heterocycles. The molecule has 12 N–H and O–H groups in total. The summed E-state index contributed by atoms with van der Waals surface area (Å²) in [5.74, 6) is -0.277. The maximum absolute atomic E-state index is 13.5. The van der Waals surface area contributed by atoms with Crippen molar-refractivity contribution in [3.8, 4) is 0 Å². The van der Waals surface area contributed by atoms with Gasteiger partial charge in [-0.25, -0.2) is 0 Å². The molecule has 3 rings (SSSR count). The van der Waals surface area contributed by atoms with Crippen molar-refractivity contribution in [2.24, 2.45) is 0 Å². The highest BCUT2D eigenvalue weighted by molar-refractivity contribution is 5.76. The van der Waals surface area contributed by atoms with E-state index in [0.29, 0.717) is 12.8 Å². The second-order valence-electron chi connectivity index (χ2n) is 33.8. The molecule has 3 aliphatic heterocycles. The Bertz CT molecular complexity index is 2220. The van der Waals surface area contributed by atoms with Gasteiger partial charge in [0.15, 0.2) is 18.9 Å². The van der Waals surface area contributed by atoms with E-state index in [9.17, 15) is 61.0 Å². The number of carbonyl (C=O) groups excluding carboxylic acids is 1. The fourth-order valence-corrected chi connectivity index (χ4v) is 16.1. The molecule has 0 aromatic carbocycles. The first-order chi connectivity index (χ1) is 55.3. The minimum Gasteiger partial charge on any atom is -0.394 e. The lowest BCUT2D eigenvalue weighted by Gasteiger charge is -2.48. The topological polar surface area (TPSA) is 307 Å². The molecular formula is C94H175NO18. The monoisotopic (exact) mass is 1610 g/mol. The second kappa shape index (κ2) is 73.7. The summed E-state index contributed by atoms with van der Waals surface area (Å²) in [6.45, 7) is 1.78. The fraction of sp³-hybridized carbons (Fsp3) is 0.904. The molecule has 3 saturated heterocycles. The van der Waals surface area contributed by atoms with E-state index in [1.54, 1.807) is 6.08 Å². The third kappa shape index (κ3) is 51.9. The Morgan fingerprint density at radius 2 is 0.593 bits per heavy atom. The maximum Gasteiger partial charge on any atom is 0.220 e. The van der Waals surface area contributed by atoms with Gasteiger partial charge in [-0.05, 0) is 64.2 Å². The van der Waals surface area contributed by atoms with Gasteiger partial charge >= 0.3 is 0 Å². The normalized spacial score (nSPS) is 25.0. The van der Waals surface area contributed by atoms with Crippen molar-refractivity contribution in [2.75, 3.05) is 26.4 Å². The summed E-state index contributed by atoms with van der Waals surface area (Å²) in [6.07, 6.45) is 70.1. The zero-order chi connectivity index (χ0) is 81.7. The van der Waals surface area contributed by atoms with E-state index in [1.165, 1.54) is 334 Å². The van der Waals surface area contributed by atoms with Gasteiger partial charge in [0, 0.05) is 6.42 Å². The highest BCUT2D eigenvalue weighted by Gasteiger charge is 2.54. The van der Waals surface area contributed by atoms with E-state index in [2.05, 4.69) is 55.6 Å². The molecule has 0 saturated carbocycles. The Kier molecular flexibility index (Phi) is 68.4. The van der Waals surface area contributed by atoms with E-state index in [4.69, 9.17) is 28.4 Å². The number of nitrogens with one attached hydrogen (secondary N) is 1. The van der Waals surface area contributed by atoms with Crippen LogP contribution >= 0.6 is 0 Å². The number of aliphatic hydroxyl groups excluding tert-OH is 11. The molecule has 0 aliphatic carbocycles. The summed E-state index contributed by atoms with van der Waals surface area (Å²) in [7, 11) is 0. The van der Waals surface area contributed by atoms with Gasteiger partial charge in [-0.3, -0.25) is 4.79 Å². The molecule has 0 aromatic heterocycles. The van der Waals surface area contributed by atoms with E-state index in [0.717, 1.165) is 44.9 Å². The molecule has 3 fully saturated rings. The number of carbonyl (C=O) groups is 1. The Morgan fingerprint density at radius 3 is 0.938 bits per heavy atom. The van der Waals surface area contributed by atoms with Gasteiger partial charge in [-0.2, -0.15) is 0 Å². The molecule has 1 amide bonds. The number of hydrogen-bond donors (Lipinski definition) is 12. The number of rotatable bonds is 78. The summed E-state index contributed by atoms with van der Waals surface area (Å²) in [4.78, 5) is 13.5. The zero-order valence-corrected chi connectivity index (χ0v) is 71.9. The van der Waals surface area contributed by atoms with E-state index in [-0.39, 0.29) is 18.9 Å². The van der Waals surface area contributed by atoms with Gasteiger partial charge in [0.2, 0.25) is 5.91 Å². The van der Waals surface area contributed by atoms with Crippen LogP contribution in [0.25, 0.3) is 0 Å².